The van der Waals surface area contributed by atoms with Crippen LogP contribution in [0.5, 0.6) is 5.75 Å². The fourth-order valence-corrected chi connectivity index (χ4v) is 7.27. The van der Waals surface area contributed by atoms with Crippen LogP contribution in [0.25, 0.3) is 21.6 Å². The summed E-state index contributed by atoms with van der Waals surface area (Å²) in [7, 11) is 1.25. The maximum atomic E-state index is 14.8. The number of hydrogen-bond donors (Lipinski definition) is 3. The molecule has 12 heteroatoms. The number of nitrogens with one attached hydrogen (secondary N) is 3. The molecular weight excluding hydrogens is 705 g/mol. The van der Waals surface area contributed by atoms with Gasteiger partial charge in [0.15, 0.2) is 5.69 Å². The van der Waals surface area contributed by atoms with Gasteiger partial charge in [-0.1, -0.05) is 46.8 Å². The summed E-state index contributed by atoms with van der Waals surface area (Å²) in [5, 5.41) is 10.9. The average Bonchev–Trinajstić information content (AvgIpc) is 3.52. The van der Waals surface area contributed by atoms with E-state index >= 15 is 0 Å². The summed E-state index contributed by atoms with van der Waals surface area (Å²) in [5.41, 5.74) is 5.56. The summed E-state index contributed by atoms with van der Waals surface area (Å²) >= 11 is 1.57. The molecule has 3 N–H and O–H groups in total. The number of benzene rings is 2. The third-order valence-corrected chi connectivity index (χ3v) is 9.88. The highest BCUT2D eigenvalue weighted by molar-refractivity contribution is 7.13. The number of amides is 3. The van der Waals surface area contributed by atoms with Crippen molar-refractivity contribution >= 4 is 40.9 Å². The smallest absolute Gasteiger partial charge is 0.407 e. The van der Waals surface area contributed by atoms with E-state index in [-0.39, 0.29) is 35.3 Å². The summed E-state index contributed by atoms with van der Waals surface area (Å²) in [5.74, 6) is -0.995. The molecule has 0 bridgehead atoms. The summed E-state index contributed by atoms with van der Waals surface area (Å²) < 4.78 is 16.8. The molecular formula is C42H50N4O7S. The highest BCUT2D eigenvalue weighted by atomic mass is 32.1. The maximum absolute atomic E-state index is 14.8. The van der Waals surface area contributed by atoms with E-state index in [0.717, 1.165) is 39.1 Å². The topological polar surface area (TPSA) is 145 Å². The minimum atomic E-state index is -0.752. The van der Waals surface area contributed by atoms with Gasteiger partial charge in [0.1, 0.15) is 17.0 Å². The number of fused-ring (bicyclic) bond motifs is 3. The molecule has 3 heterocycles. The number of rotatable bonds is 11. The second kappa shape index (κ2) is 16.8. The molecule has 0 saturated heterocycles. The van der Waals surface area contributed by atoms with E-state index in [4.69, 9.17) is 14.2 Å². The molecule has 0 fully saturated rings. The molecule has 0 aliphatic carbocycles. The van der Waals surface area contributed by atoms with Crippen LogP contribution in [0.15, 0.2) is 47.8 Å². The first-order valence-corrected chi connectivity index (χ1v) is 19.2. The molecule has 3 amide bonds. The van der Waals surface area contributed by atoms with Crippen molar-refractivity contribution in [1.29, 1.82) is 0 Å². The zero-order valence-corrected chi connectivity index (χ0v) is 33.3. The zero-order chi connectivity index (χ0) is 39.3. The number of carbonyl (C=O) groups is 4. The van der Waals surface area contributed by atoms with Crippen molar-refractivity contribution in [3.05, 3.63) is 87.0 Å². The summed E-state index contributed by atoms with van der Waals surface area (Å²) in [6.45, 7) is 16.7. The molecule has 5 rings (SSSR count). The molecule has 4 aromatic rings. The van der Waals surface area contributed by atoms with E-state index < -0.39 is 29.5 Å². The number of methoxy groups -OCH3 is 1. The molecule has 0 saturated carbocycles. The highest BCUT2D eigenvalue weighted by Crippen LogP contribution is 2.44. The molecule has 286 valence electrons. The Hall–Kier alpha value is -5.23. The predicted octanol–water partition coefficient (Wildman–Crippen LogP) is 8.86. The van der Waals surface area contributed by atoms with Gasteiger partial charge in [-0.15, -0.1) is 11.3 Å². The number of aromatic nitrogens is 1. The second-order valence-electron chi connectivity index (χ2n) is 14.9. The molecule has 1 aliphatic heterocycles. The molecule has 0 radical (unpaired) electrons. The van der Waals surface area contributed by atoms with Crippen molar-refractivity contribution in [1.82, 2.24) is 15.6 Å². The minimum Gasteiger partial charge on any atom is -0.493 e. The lowest BCUT2D eigenvalue weighted by Crippen LogP contribution is -2.32. The number of pyridine rings is 1. The lowest BCUT2D eigenvalue weighted by atomic mass is 9.89. The molecule has 2 aromatic heterocycles. The van der Waals surface area contributed by atoms with Gasteiger partial charge in [0.25, 0.3) is 11.8 Å². The third kappa shape index (κ3) is 9.10. The Bertz CT molecular complexity index is 2030. The fourth-order valence-electron chi connectivity index (χ4n) is 6.29. The van der Waals surface area contributed by atoms with Crippen molar-refractivity contribution in [2.75, 3.05) is 25.6 Å². The number of nitrogens with zero attached hydrogens (tertiary/aromatic N) is 1. The van der Waals surface area contributed by atoms with E-state index in [2.05, 4.69) is 54.7 Å². The van der Waals surface area contributed by atoms with Crippen molar-refractivity contribution in [2.45, 2.75) is 92.2 Å². The van der Waals surface area contributed by atoms with Crippen LogP contribution in [0.4, 0.5) is 10.5 Å². The van der Waals surface area contributed by atoms with Crippen LogP contribution in [0.3, 0.4) is 0 Å². The number of hydrogen-bond acceptors (Lipinski definition) is 9. The van der Waals surface area contributed by atoms with Crippen molar-refractivity contribution in [3.63, 3.8) is 0 Å². The molecule has 0 atom stereocenters. The van der Waals surface area contributed by atoms with Gasteiger partial charge in [0.05, 0.1) is 13.7 Å². The largest absolute Gasteiger partial charge is 0.493 e. The van der Waals surface area contributed by atoms with Gasteiger partial charge in [-0.2, -0.15) is 0 Å². The van der Waals surface area contributed by atoms with Crippen LogP contribution in [0, 0.1) is 0 Å². The van der Waals surface area contributed by atoms with Gasteiger partial charge in [0, 0.05) is 52.3 Å². The molecule has 1 aliphatic rings. The number of esters is 1. The van der Waals surface area contributed by atoms with Crippen LogP contribution in [0.1, 0.15) is 127 Å². The Morgan fingerprint density at radius 3 is 2.24 bits per heavy atom. The second-order valence-corrected chi connectivity index (χ2v) is 15.8. The molecule has 0 spiro atoms. The standard InChI is InChI=1S/C42H50N4O7S/c1-10-15-43-39(48)33-12-11-27(36(45-33)40(49)51-9)30-21-34-32(37-26(13-16-52-34)14-17-54-37)20-31(30)38(47)46-35-28(23(2)3)18-25(19-29(35)24(4)5)22-44-41(50)53-42(6,7)8/h11-12,14,17-21,23-24H,10,13,15-16,22H2,1-9H3,(H,43,48)(H,44,50)(H,46,47). The fraction of sp³-hybridized carbons (Fsp3) is 0.405. The molecule has 11 nitrogen and oxygen atoms in total. The first-order chi connectivity index (χ1) is 25.6. The average molecular weight is 755 g/mol. The van der Waals surface area contributed by atoms with Gasteiger partial charge < -0.3 is 30.2 Å². The molecule has 2 aromatic carbocycles. The summed E-state index contributed by atoms with van der Waals surface area (Å²) in [4.78, 5) is 59.0. The normalized spacial score (nSPS) is 12.3. The van der Waals surface area contributed by atoms with E-state index in [9.17, 15) is 19.2 Å². The molecule has 54 heavy (non-hydrogen) atoms. The van der Waals surface area contributed by atoms with Crippen molar-refractivity contribution in [2.24, 2.45) is 0 Å². The lowest BCUT2D eigenvalue weighted by Gasteiger charge is -2.24. The van der Waals surface area contributed by atoms with Gasteiger partial charge >= 0.3 is 12.1 Å². The monoisotopic (exact) mass is 754 g/mol. The number of anilines is 1. The van der Waals surface area contributed by atoms with E-state index in [1.54, 1.807) is 23.5 Å². The maximum Gasteiger partial charge on any atom is 0.407 e. The number of thiophene rings is 1. The third-order valence-electron chi connectivity index (χ3n) is 8.89. The van der Waals surface area contributed by atoms with Crippen LogP contribution in [-0.2, 0) is 22.4 Å². The highest BCUT2D eigenvalue weighted by Gasteiger charge is 2.28. The number of alkyl carbamates (subject to hydrolysis) is 1. The van der Waals surface area contributed by atoms with Crippen LogP contribution >= 0.6 is 11.3 Å². The summed E-state index contributed by atoms with van der Waals surface area (Å²) in [6.07, 6.45) is 0.919. The van der Waals surface area contributed by atoms with Gasteiger partial charge in [-0.25, -0.2) is 14.6 Å². The Balaban J connectivity index is 1.65. The Morgan fingerprint density at radius 2 is 1.61 bits per heavy atom. The first kappa shape index (κ1) is 40.0. The van der Waals surface area contributed by atoms with Crippen LogP contribution in [0.2, 0.25) is 0 Å². The quantitative estimate of drug-likeness (QED) is 0.129. The Labute approximate surface area is 321 Å². The lowest BCUT2D eigenvalue weighted by molar-refractivity contribution is 0.0522. The summed E-state index contributed by atoms with van der Waals surface area (Å²) in [6, 6.07) is 12.8. The first-order valence-electron chi connectivity index (χ1n) is 18.3. The Morgan fingerprint density at radius 1 is 0.907 bits per heavy atom. The number of carbonyl (C=O) groups excluding carboxylic acids is 4. The predicted molar refractivity (Wildman–Crippen MR) is 212 cm³/mol. The minimum absolute atomic E-state index is 0.00870. The molecule has 0 unspecified atom stereocenters. The zero-order valence-electron chi connectivity index (χ0n) is 32.5. The van der Waals surface area contributed by atoms with Crippen LogP contribution in [-0.4, -0.2) is 54.7 Å². The number of ether oxygens (including phenoxy) is 3. The van der Waals surface area contributed by atoms with E-state index in [0.29, 0.717) is 42.1 Å². The Kier molecular flexibility index (Phi) is 12.5. The van der Waals surface area contributed by atoms with Gasteiger partial charge in [-0.3, -0.25) is 9.59 Å². The van der Waals surface area contributed by atoms with Gasteiger partial charge in [0.2, 0.25) is 0 Å². The van der Waals surface area contributed by atoms with E-state index in [1.165, 1.54) is 13.2 Å². The SMILES string of the molecule is CCCNC(=O)c1ccc(-c2cc3c(cc2C(=O)Nc2c(C(C)C)cc(CNC(=O)OC(C)(C)C)cc2C(C)C)-c2sccc2CCO3)c(C(=O)OC)n1. The van der Waals surface area contributed by atoms with Gasteiger partial charge in [-0.05, 0) is 97.0 Å². The van der Waals surface area contributed by atoms with Crippen LogP contribution < -0.4 is 20.7 Å². The van der Waals surface area contributed by atoms with Crippen molar-refractivity contribution in [3.8, 4) is 27.3 Å². The van der Waals surface area contributed by atoms with E-state index in [1.807, 2.05) is 51.3 Å². The van der Waals surface area contributed by atoms with Crippen molar-refractivity contribution < 1.29 is 33.4 Å².